The monoisotopic (exact) mass is 295 g/mol. The Labute approximate surface area is 122 Å². The summed E-state index contributed by atoms with van der Waals surface area (Å²) < 4.78 is 14.2. The fourth-order valence-electron chi connectivity index (χ4n) is 1.99. The first kappa shape index (κ1) is 13.4. The molecule has 0 aliphatic carbocycles. The van der Waals surface area contributed by atoms with Crippen molar-refractivity contribution in [2.45, 2.75) is 38.9 Å². The molecule has 1 aliphatic rings. The van der Waals surface area contributed by atoms with E-state index in [4.69, 9.17) is 20.9 Å². The van der Waals surface area contributed by atoms with Gasteiger partial charge in [0.05, 0.1) is 21.4 Å². The first-order valence-electron chi connectivity index (χ1n) is 6.20. The van der Waals surface area contributed by atoms with Crippen molar-refractivity contribution in [2.24, 2.45) is 0 Å². The molecular weight excluding hydrogens is 280 g/mol. The van der Waals surface area contributed by atoms with Crippen LogP contribution in [0.3, 0.4) is 0 Å². The van der Waals surface area contributed by atoms with Crippen LogP contribution in [0.25, 0.3) is 10.2 Å². The molecule has 19 heavy (non-hydrogen) atoms. The van der Waals surface area contributed by atoms with E-state index in [9.17, 15) is 0 Å². The molecule has 3 rings (SSSR count). The van der Waals surface area contributed by atoms with Crippen LogP contribution in [0.2, 0.25) is 5.15 Å². The fraction of sp³-hybridized carbons (Fsp3) is 0.462. The molecule has 0 spiro atoms. The molecule has 0 radical (unpaired) electrons. The van der Waals surface area contributed by atoms with Gasteiger partial charge >= 0.3 is 7.12 Å². The molecule has 2 aromatic heterocycles. The topological polar surface area (TPSA) is 31.4 Å². The van der Waals surface area contributed by atoms with Crippen LogP contribution in [0.5, 0.6) is 0 Å². The number of hydrogen-bond acceptors (Lipinski definition) is 4. The smallest absolute Gasteiger partial charge is 0.399 e. The van der Waals surface area contributed by atoms with Crippen molar-refractivity contribution < 1.29 is 9.31 Å². The Balaban J connectivity index is 1.98. The maximum Gasteiger partial charge on any atom is 0.505 e. The standard InChI is InChI=1S/C13H15BClNO2S/c1-12(2)13(3,4)18-14(17-12)10-7-8-9(19-10)5-6-11(15)16-8/h5-7H,1-4H3. The number of rotatable bonds is 1. The average Bonchev–Trinajstić information content (AvgIpc) is 2.78. The Morgan fingerprint density at radius 1 is 1.16 bits per heavy atom. The molecule has 0 atom stereocenters. The zero-order chi connectivity index (χ0) is 13.8. The number of halogens is 1. The van der Waals surface area contributed by atoms with E-state index in [-0.39, 0.29) is 18.3 Å². The highest BCUT2D eigenvalue weighted by molar-refractivity contribution is 7.28. The van der Waals surface area contributed by atoms with Crippen LogP contribution in [-0.4, -0.2) is 23.3 Å². The van der Waals surface area contributed by atoms with Crippen LogP contribution in [0, 0.1) is 0 Å². The lowest BCUT2D eigenvalue weighted by Crippen LogP contribution is -2.41. The Bertz CT molecular complexity index is 625. The van der Waals surface area contributed by atoms with Gasteiger partial charge in [-0.25, -0.2) is 4.98 Å². The first-order chi connectivity index (χ1) is 8.78. The van der Waals surface area contributed by atoms with Gasteiger partial charge in [0.2, 0.25) is 0 Å². The third-order valence-corrected chi connectivity index (χ3v) is 5.17. The van der Waals surface area contributed by atoms with Gasteiger partial charge in [-0.3, -0.25) is 0 Å². The van der Waals surface area contributed by atoms with Gasteiger partial charge in [-0.05, 0) is 45.9 Å². The molecule has 0 saturated carbocycles. The van der Waals surface area contributed by atoms with E-state index < -0.39 is 0 Å². The van der Waals surface area contributed by atoms with E-state index in [0.29, 0.717) is 5.15 Å². The first-order valence-corrected chi connectivity index (χ1v) is 7.40. The van der Waals surface area contributed by atoms with E-state index in [2.05, 4.69) is 32.7 Å². The second kappa shape index (κ2) is 4.19. The van der Waals surface area contributed by atoms with Gasteiger partial charge in [0, 0.05) is 4.78 Å². The van der Waals surface area contributed by atoms with Gasteiger partial charge in [0.1, 0.15) is 5.15 Å². The van der Waals surface area contributed by atoms with Gasteiger partial charge in [0.25, 0.3) is 0 Å². The zero-order valence-electron chi connectivity index (χ0n) is 11.4. The predicted molar refractivity (Wildman–Crippen MR) is 80.3 cm³/mol. The predicted octanol–water partition coefficient (Wildman–Crippen LogP) is 3.25. The lowest BCUT2D eigenvalue weighted by molar-refractivity contribution is 0.00578. The summed E-state index contributed by atoms with van der Waals surface area (Å²) in [6.07, 6.45) is 0. The molecule has 1 fully saturated rings. The summed E-state index contributed by atoms with van der Waals surface area (Å²) in [7, 11) is -0.331. The van der Waals surface area contributed by atoms with Crippen molar-refractivity contribution in [1.82, 2.24) is 4.98 Å². The second-order valence-electron chi connectivity index (χ2n) is 5.75. The van der Waals surface area contributed by atoms with Gasteiger partial charge in [-0.1, -0.05) is 11.6 Å². The zero-order valence-corrected chi connectivity index (χ0v) is 12.9. The number of aromatic nitrogens is 1. The van der Waals surface area contributed by atoms with E-state index in [1.165, 1.54) is 0 Å². The third-order valence-electron chi connectivity index (χ3n) is 3.84. The molecule has 0 unspecified atom stereocenters. The molecule has 100 valence electrons. The summed E-state index contributed by atoms with van der Waals surface area (Å²) >= 11 is 7.54. The molecule has 0 aromatic carbocycles. The number of pyridine rings is 1. The van der Waals surface area contributed by atoms with Crippen LogP contribution in [0.1, 0.15) is 27.7 Å². The molecular formula is C13H15BClNO2S. The van der Waals surface area contributed by atoms with Crippen LogP contribution in [0.4, 0.5) is 0 Å². The highest BCUT2D eigenvalue weighted by atomic mass is 35.5. The highest BCUT2D eigenvalue weighted by Gasteiger charge is 2.52. The summed E-state index contributed by atoms with van der Waals surface area (Å²) in [5.74, 6) is 0. The highest BCUT2D eigenvalue weighted by Crippen LogP contribution is 2.37. The van der Waals surface area contributed by atoms with E-state index in [1.807, 2.05) is 12.1 Å². The lowest BCUT2D eigenvalue weighted by Gasteiger charge is -2.32. The molecule has 6 heteroatoms. The van der Waals surface area contributed by atoms with Crippen molar-refractivity contribution in [1.29, 1.82) is 0 Å². The van der Waals surface area contributed by atoms with Gasteiger partial charge in [0.15, 0.2) is 0 Å². The van der Waals surface area contributed by atoms with Crippen molar-refractivity contribution in [2.75, 3.05) is 0 Å². The van der Waals surface area contributed by atoms with Gasteiger partial charge in [-0.15, -0.1) is 11.3 Å². The van der Waals surface area contributed by atoms with E-state index in [0.717, 1.165) is 15.0 Å². The average molecular weight is 296 g/mol. The number of fused-ring (bicyclic) bond motifs is 1. The van der Waals surface area contributed by atoms with Crippen molar-refractivity contribution >= 4 is 45.0 Å². The van der Waals surface area contributed by atoms with Gasteiger partial charge < -0.3 is 9.31 Å². The van der Waals surface area contributed by atoms with Crippen LogP contribution in [-0.2, 0) is 9.31 Å². The van der Waals surface area contributed by atoms with Crippen molar-refractivity contribution in [3.05, 3.63) is 23.4 Å². The fourth-order valence-corrected chi connectivity index (χ4v) is 3.11. The van der Waals surface area contributed by atoms with Crippen molar-refractivity contribution in [3.8, 4) is 0 Å². The number of hydrogen-bond donors (Lipinski definition) is 0. The van der Waals surface area contributed by atoms with E-state index >= 15 is 0 Å². The Morgan fingerprint density at radius 3 is 2.42 bits per heavy atom. The van der Waals surface area contributed by atoms with E-state index in [1.54, 1.807) is 17.4 Å². The number of thiophene rings is 1. The minimum Gasteiger partial charge on any atom is -0.399 e. The second-order valence-corrected chi connectivity index (χ2v) is 7.26. The lowest BCUT2D eigenvalue weighted by atomic mass is 9.88. The molecule has 0 N–H and O–H groups in total. The van der Waals surface area contributed by atoms with Crippen LogP contribution < -0.4 is 4.78 Å². The maximum absolute atomic E-state index is 6.04. The summed E-state index contributed by atoms with van der Waals surface area (Å²) in [5, 5.41) is 0.505. The van der Waals surface area contributed by atoms with Crippen molar-refractivity contribution in [3.63, 3.8) is 0 Å². The normalized spacial score (nSPS) is 21.2. The largest absolute Gasteiger partial charge is 0.505 e. The molecule has 1 saturated heterocycles. The summed E-state index contributed by atoms with van der Waals surface area (Å²) in [6, 6.07) is 5.77. The Morgan fingerprint density at radius 2 is 1.79 bits per heavy atom. The SMILES string of the molecule is CC1(C)OB(c2cc3nc(Cl)ccc3s2)OC1(C)C. The summed E-state index contributed by atoms with van der Waals surface area (Å²) in [5.41, 5.74) is 0.250. The Kier molecular flexibility index (Phi) is 2.95. The molecule has 0 amide bonds. The third kappa shape index (κ3) is 2.19. The molecule has 2 aromatic rings. The minimum atomic E-state index is -0.331. The maximum atomic E-state index is 6.04. The molecule has 3 nitrogen and oxygen atoms in total. The summed E-state index contributed by atoms with van der Waals surface area (Å²) in [6.45, 7) is 8.20. The molecule has 3 heterocycles. The Hall–Kier alpha value is -0.615. The summed E-state index contributed by atoms with van der Waals surface area (Å²) in [4.78, 5) is 4.31. The van der Waals surface area contributed by atoms with Crippen LogP contribution >= 0.6 is 22.9 Å². The van der Waals surface area contributed by atoms with Gasteiger partial charge in [-0.2, -0.15) is 0 Å². The quantitative estimate of drug-likeness (QED) is 0.598. The molecule has 1 aliphatic heterocycles. The minimum absolute atomic E-state index is 0.321. The number of nitrogens with zero attached hydrogens (tertiary/aromatic N) is 1. The molecule has 0 bridgehead atoms. The van der Waals surface area contributed by atoms with Crippen LogP contribution in [0.15, 0.2) is 18.2 Å².